The van der Waals surface area contributed by atoms with E-state index < -0.39 is 9.84 Å². The van der Waals surface area contributed by atoms with Crippen molar-refractivity contribution in [1.82, 2.24) is 10.1 Å². The minimum atomic E-state index is -3.62. The smallest absolute Gasteiger partial charge is 0.271 e. The van der Waals surface area contributed by atoms with E-state index >= 15 is 0 Å². The molecule has 1 aliphatic carbocycles. The lowest BCUT2D eigenvalue weighted by atomic mass is 10.0. The number of hydrogen-bond acceptors (Lipinski definition) is 8. The van der Waals surface area contributed by atoms with Crippen molar-refractivity contribution < 1.29 is 22.8 Å². The predicted molar refractivity (Wildman–Crippen MR) is 130 cm³/mol. The second-order valence-electron chi connectivity index (χ2n) is 8.84. The van der Waals surface area contributed by atoms with E-state index in [0.717, 1.165) is 31.2 Å². The highest BCUT2D eigenvalue weighted by Crippen LogP contribution is 2.35. The minimum Gasteiger partial charge on any atom is -0.394 e. The summed E-state index contributed by atoms with van der Waals surface area (Å²) >= 11 is 0. The molecule has 0 saturated heterocycles. The van der Waals surface area contributed by atoms with Gasteiger partial charge in [-0.1, -0.05) is 18.0 Å². The molecule has 2 aromatic heterocycles. The molecule has 2 heterocycles. The molecule has 3 N–H and O–H groups in total. The van der Waals surface area contributed by atoms with Crippen molar-refractivity contribution in [1.29, 1.82) is 0 Å². The molecule has 10 heteroatoms. The summed E-state index contributed by atoms with van der Waals surface area (Å²) in [5.41, 5.74) is 2.37. The van der Waals surface area contributed by atoms with Crippen LogP contribution in [0.3, 0.4) is 0 Å². The average molecular weight is 490 g/mol. The van der Waals surface area contributed by atoms with Gasteiger partial charge in [-0.25, -0.2) is 8.42 Å². The van der Waals surface area contributed by atoms with Crippen LogP contribution in [-0.2, 0) is 14.6 Å². The van der Waals surface area contributed by atoms with Gasteiger partial charge in [0.05, 0.1) is 41.7 Å². The largest absolute Gasteiger partial charge is 0.394 e. The molecule has 184 valence electrons. The Balaban J connectivity index is 1.80. The molecule has 1 fully saturated rings. The van der Waals surface area contributed by atoms with Gasteiger partial charge in [0.15, 0.2) is 9.84 Å². The maximum atomic E-state index is 13.6. The van der Waals surface area contributed by atoms with E-state index in [1.807, 2.05) is 0 Å². The van der Waals surface area contributed by atoms with Crippen LogP contribution in [0.2, 0.25) is 0 Å². The second kappa shape index (κ2) is 10.3. The second-order valence-corrected chi connectivity index (χ2v) is 10.8. The molecule has 9 nitrogen and oxygen atoms in total. The number of anilines is 1. The van der Waals surface area contributed by atoms with Gasteiger partial charge in [-0.05, 0) is 56.4 Å². The average Bonchev–Trinajstić information content (AvgIpc) is 3.41. The number of fused-ring (bicyclic) bond motifs is 1. The zero-order chi connectivity index (χ0) is 24.3. The molecule has 34 heavy (non-hydrogen) atoms. The molecule has 0 unspecified atom stereocenters. The van der Waals surface area contributed by atoms with E-state index in [-0.39, 0.29) is 41.0 Å². The van der Waals surface area contributed by atoms with Gasteiger partial charge in [0, 0.05) is 17.5 Å². The molecule has 1 aliphatic rings. The fourth-order valence-corrected chi connectivity index (χ4v) is 6.65. The fourth-order valence-electron chi connectivity index (χ4n) is 4.71. The number of rotatable bonds is 10. The monoisotopic (exact) mass is 489 g/mol. The summed E-state index contributed by atoms with van der Waals surface area (Å²) in [4.78, 5) is 15.8. The fraction of sp³-hybridized carbons (Fsp3) is 0.500. The molecule has 0 amide bonds. The van der Waals surface area contributed by atoms with Gasteiger partial charge in [-0.3, -0.25) is 4.79 Å². The summed E-state index contributed by atoms with van der Waals surface area (Å²) in [5.74, 6) is 0.815. The van der Waals surface area contributed by atoms with Crippen molar-refractivity contribution in [2.24, 2.45) is 5.92 Å². The SMILES string of the molecule is Cc1noc(C)c1-c1cc(S(=O)(=O)CC2CCCC2)c2cc(NCCOCCO)c(=O)[nH]c2c1. The maximum Gasteiger partial charge on any atom is 0.271 e. The first kappa shape index (κ1) is 24.4. The van der Waals surface area contributed by atoms with Crippen molar-refractivity contribution in [3.8, 4) is 11.1 Å². The Bertz CT molecular complexity index is 1300. The van der Waals surface area contributed by atoms with Crippen molar-refractivity contribution in [3.05, 3.63) is 40.0 Å². The predicted octanol–water partition coefficient (Wildman–Crippen LogP) is 3.18. The number of aliphatic hydroxyl groups is 1. The van der Waals surface area contributed by atoms with Gasteiger partial charge < -0.3 is 24.7 Å². The topological polar surface area (TPSA) is 135 Å². The number of pyridine rings is 1. The number of aryl methyl sites for hydroxylation is 2. The quantitative estimate of drug-likeness (QED) is 0.370. The van der Waals surface area contributed by atoms with Gasteiger partial charge in [0.25, 0.3) is 5.56 Å². The molecule has 1 saturated carbocycles. The Labute approximate surface area is 198 Å². The van der Waals surface area contributed by atoms with Crippen LogP contribution in [0.5, 0.6) is 0 Å². The highest BCUT2D eigenvalue weighted by atomic mass is 32.2. The molecular weight excluding hydrogens is 458 g/mol. The van der Waals surface area contributed by atoms with Gasteiger partial charge in [0.1, 0.15) is 11.4 Å². The van der Waals surface area contributed by atoms with Crippen LogP contribution < -0.4 is 10.9 Å². The number of nitrogens with zero attached hydrogens (tertiary/aromatic N) is 1. The first-order chi connectivity index (χ1) is 16.3. The van der Waals surface area contributed by atoms with Crippen molar-refractivity contribution in [3.63, 3.8) is 0 Å². The number of H-pyrrole nitrogens is 1. The molecule has 0 bridgehead atoms. The van der Waals surface area contributed by atoms with Crippen LogP contribution in [0.4, 0.5) is 5.69 Å². The number of benzene rings is 1. The third-order valence-corrected chi connectivity index (χ3v) is 8.23. The Kier molecular flexibility index (Phi) is 7.39. The van der Waals surface area contributed by atoms with Crippen LogP contribution in [0.1, 0.15) is 37.1 Å². The van der Waals surface area contributed by atoms with E-state index in [4.69, 9.17) is 14.4 Å². The maximum absolute atomic E-state index is 13.6. The number of nitrogens with one attached hydrogen (secondary N) is 2. The number of aliphatic hydroxyl groups excluding tert-OH is 1. The van der Waals surface area contributed by atoms with Crippen LogP contribution in [0.25, 0.3) is 22.0 Å². The van der Waals surface area contributed by atoms with Crippen LogP contribution in [0, 0.1) is 19.8 Å². The molecule has 0 spiro atoms. The molecule has 0 atom stereocenters. The molecule has 0 aliphatic heterocycles. The summed E-state index contributed by atoms with van der Waals surface area (Å²) in [7, 11) is -3.62. The Morgan fingerprint density at radius 2 is 1.97 bits per heavy atom. The normalized spacial score (nSPS) is 14.8. The lowest BCUT2D eigenvalue weighted by Gasteiger charge is -2.15. The van der Waals surface area contributed by atoms with Crippen molar-refractivity contribution in [2.45, 2.75) is 44.4 Å². The number of aromatic nitrogens is 2. The molecule has 3 aromatic rings. The van der Waals surface area contributed by atoms with Crippen LogP contribution >= 0.6 is 0 Å². The molecular formula is C24H31N3O6S. The van der Waals surface area contributed by atoms with Gasteiger partial charge in [0.2, 0.25) is 0 Å². The molecule has 0 radical (unpaired) electrons. The summed E-state index contributed by atoms with van der Waals surface area (Å²) in [6.45, 7) is 4.36. The van der Waals surface area contributed by atoms with Gasteiger partial charge in [-0.2, -0.15) is 0 Å². The van der Waals surface area contributed by atoms with E-state index in [1.54, 1.807) is 32.0 Å². The van der Waals surface area contributed by atoms with Gasteiger partial charge in [-0.15, -0.1) is 0 Å². The third-order valence-electron chi connectivity index (χ3n) is 6.31. The summed E-state index contributed by atoms with van der Waals surface area (Å²) in [6.07, 6.45) is 3.94. The third kappa shape index (κ3) is 5.18. The van der Waals surface area contributed by atoms with Crippen LogP contribution in [0.15, 0.2) is 32.4 Å². The highest BCUT2D eigenvalue weighted by Gasteiger charge is 2.27. The highest BCUT2D eigenvalue weighted by molar-refractivity contribution is 7.91. The summed E-state index contributed by atoms with van der Waals surface area (Å²) < 4.78 is 37.8. The Hall–Kier alpha value is -2.69. The molecule has 1 aromatic carbocycles. The van der Waals surface area contributed by atoms with Crippen molar-refractivity contribution >= 4 is 26.4 Å². The summed E-state index contributed by atoms with van der Waals surface area (Å²) in [6, 6.07) is 5.04. The Morgan fingerprint density at radius 3 is 2.65 bits per heavy atom. The number of sulfone groups is 1. The van der Waals surface area contributed by atoms with E-state index in [2.05, 4.69) is 15.5 Å². The standard InChI is InChI=1S/C24H31N3O6S/c1-15-23(16(2)33-27-15)18-11-20-19(13-21(24(29)26-20)25-7-9-32-10-8-28)22(12-18)34(30,31)14-17-5-3-4-6-17/h11-13,17,25,28H,3-10,14H2,1-2H3,(H,26,29). The minimum absolute atomic E-state index is 0.0771. The lowest BCUT2D eigenvalue weighted by Crippen LogP contribution is -2.19. The number of ether oxygens (including phenoxy) is 1. The zero-order valence-corrected chi connectivity index (χ0v) is 20.3. The van der Waals surface area contributed by atoms with Gasteiger partial charge >= 0.3 is 0 Å². The van der Waals surface area contributed by atoms with Crippen LogP contribution in [-0.4, -0.2) is 55.8 Å². The lowest BCUT2D eigenvalue weighted by molar-refractivity contribution is 0.0992. The van der Waals surface area contributed by atoms with Crippen molar-refractivity contribution in [2.75, 3.05) is 37.4 Å². The number of hydrogen-bond donors (Lipinski definition) is 3. The summed E-state index contributed by atoms with van der Waals surface area (Å²) in [5, 5.41) is 16.3. The molecule has 4 rings (SSSR count). The first-order valence-electron chi connectivity index (χ1n) is 11.6. The Morgan fingerprint density at radius 1 is 1.21 bits per heavy atom. The van der Waals surface area contributed by atoms with E-state index in [1.165, 1.54) is 0 Å². The van der Waals surface area contributed by atoms with E-state index in [0.29, 0.717) is 41.1 Å². The van der Waals surface area contributed by atoms with E-state index in [9.17, 15) is 13.2 Å². The zero-order valence-electron chi connectivity index (χ0n) is 19.5. The number of aromatic amines is 1. The first-order valence-corrected chi connectivity index (χ1v) is 13.2.